The van der Waals surface area contributed by atoms with Crippen LogP contribution in [0.4, 0.5) is 0 Å². The molecule has 0 aliphatic heterocycles. The number of carbonyl (C=O) groups is 2. The van der Waals surface area contributed by atoms with Crippen LogP contribution in [0.1, 0.15) is 23.6 Å². The SMILES string of the molecule is CCN(Cc1ccccc1)C(=O)COC(=O)CNS(=O)(=O)c1ccc(C)c(C)c1. The Morgan fingerprint density at radius 3 is 2.34 bits per heavy atom. The van der Waals surface area contributed by atoms with Crippen LogP contribution in [0.3, 0.4) is 0 Å². The Bertz CT molecular complexity index is 958. The minimum atomic E-state index is -3.84. The third-order valence-corrected chi connectivity index (χ3v) is 5.90. The van der Waals surface area contributed by atoms with Crippen LogP contribution in [0.2, 0.25) is 0 Å². The highest BCUT2D eigenvalue weighted by atomic mass is 32.2. The molecule has 156 valence electrons. The van der Waals surface area contributed by atoms with Gasteiger partial charge in [-0.2, -0.15) is 4.72 Å². The predicted octanol–water partition coefficient (Wildman–Crippen LogP) is 2.17. The fourth-order valence-corrected chi connectivity index (χ4v) is 3.64. The maximum Gasteiger partial charge on any atom is 0.321 e. The lowest BCUT2D eigenvalue weighted by molar-refractivity contribution is -0.151. The van der Waals surface area contributed by atoms with Crippen LogP contribution in [-0.4, -0.2) is 44.9 Å². The summed E-state index contributed by atoms with van der Waals surface area (Å²) < 4.78 is 31.7. The highest BCUT2D eigenvalue weighted by Gasteiger charge is 2.18. The van der Waals surface area contributed by atoms with Crippen molar-refractivity contribution in [3.8, 4) is 0 Å². The minimum Gasteiger partial charge on any atom is -0.455 e. The molecule has 0 unspecified atom stereocenters. The molecule has 0 radical (unpaired) electrons. The minimum absolute atomic E-state index is 0.0736. The lowest BCUT2D eigenvalue weighted by Gasteiger charge is -2.20. The molecule has 2 aromatic rings. The van der Waals surface area contributed by atoms with Gasteiger partial charge in [-0.05, 0) is 49.6 Å². The van der Waals surface area contributed by atoms with Gasteiger partial charge in [-0.25, -0.2) is 8.42 Å². The van der Waals surface area contributed by atoms with Crippen LogP contribution < -0.4 is 4.72 Å². The second-order valence-corrected chi connectivity index (χ2v) is 8.39. The molecule has 0 aromatic heterocycles. The van der Waals surface area contributed by atoms with Crippen molar-refractivity contribution in [3.05, 3.63) is 65.2 Å². The summed E-state index contributed by atoms with van der Waals surface area (Å²) in [6.07, 6.45) is 0. The number of hydrogen-bond acceptors (Lipinski definition) is 5. The third-order valence-electron chi connectivity index (χ3n) is 4.50. The average Bonchev–Trinajstić information content (AvgIpc) is 2.71. The first-order valence-corrected chi connectivity index (χ1v) is 10.8. The highest BCUT2D eigenvalue weighted by Crippen LogP contribution is 2.14. The number of carbonyl (C=O) groups excluding carboxylic acids is 2. The maximum absolute atomic E-state index is 12.3. The van der Waals surface area contributed by atoms with Gasteiger partial charge in [-0.15, -0.1) is 0 Å². The van der Waals surface area contributed by atoms with E-state index in [1.165, 1.54) is 12.1 Å². The van der Waals surface area contributed by atoms with Crippen LogP contribution in [0.25, 0.3) is 0 Å². The summed E-state index contributed by atoms with van der Waals surface area (Å²) >= 11 is 0. The first kappa shape index (κ1) is 22.6. The lowest BCUT2D eigenvalue weighted by atomic mass is 10.1. The van der Waals surface area contributed by atoms with Crippen molar-refractivity contribution >= 4 is 21.9 Å². The maximum atomic E-state index is 12.3. The number of esters is 1. The molecule has 0 heterocycles. The number of sulfonamides is 1. The molecule has 7 nitrogen and oxygen atoms in total. The van der Waals surface area contributed by atoms with E-state index in [0.29, 0.717) is 13.1 Å². The Hall–Kier alpha value is -2.71. The van der Waals surface area contributed by atoms with Crippen molar-refractivity contribution in [1.29, 1.82) is 0 Å². The molecule has 29 heavy (non-hydrogen) atoms. The van der Waals surface area contributed by atoms with Gasteiger partial charge in [0.25, 0.3) is 5.91 Å². The van der Waals surface area contributed by atoms with E-state index in [9.17, 15) is 18.0 Å². The van der Waals surface area contributed by atoms with Crippen molar-refractivity contribution in [2.45, 2.75) is 32.2 Å². The number of nitrogens with zero attached hydrogens (tertiary/aromatic N) is 1. The molecule has 8 heteroatoms. The molecular formula is C21H26N2O5S. The number of likely N-dealkylation sites (N-methyl/N-ethyl adjacent to an activating group) is 1. The molecule has 2 rings (SSSR count). The van der Waals surface area contributed by atoms with Crippen molar-refractivity contribution in [1.82, 2.24) is 9.62 Å². The molecule has 0 atom stereocenters. The number of benzene rings is 2. The summed E-state index contributed by atoms with van der Waals surface area (Å²) in [5.41, 5.74) is 2.77. The van der Waals surface area contributed by atoms with E-state index in [2.05, 4.69) is 4.72 Å². The summed E-state index contributed by atoms with van der Waals surface area (Å²) in [5.74, 6) is -1.16. The topological polar surface area (TPSA) is 92.8 Å². The number of nitrogens with one attached hydrogen (secondary N) is 1. The van der Waals surface area contributed by atoms with Crippen molar-refractivity contribution in [2.24, 2.45) is 0 Å². The summed E-state index contributed by atoms with van der Waals surface area (Å²) in [5, 5.41) is 0. The third kappa shape index (κ3) is 6.69. The normalized spacial score (nSPS) is 11.1. The lowest BCUT2D eigenvalue weighted by Crippen LogP contribution is -2.36. The van der Waals surface area contributed by atoms with Crippen molar-refractivity contribution in [2.75, 3.05) is 19.7 Å². The van der Waals surface area contributed by atoms with Gasteiger partial charge in [0.05, 0.1) is 4.90 Å². The molecule has 1 amide bonds. The zero-order valence-corrected chi connectivity index (χ0v) is 17.7. The van der Waals surface area contributed by atoms with Gasteiger partial charge in [0.1, 0.15) is 6.54 Å². The molecule has 0 saturated carbocycles. The van der Waals surface area contributed by atoms with Crippen LogP contribution in [-0.2, 0) is 30.9 Å². The van der Waals surface area contributed by atoms with E-state index in [4.69, 9.17) is 4.74 Å². The molecule has 0 saturated heterocycles. The van der Waals surface area contributed by atoms with Gasteiger partial charge >= 0.3 is 5.97 Å². The molecule has 0 fully saturated rings. The second kappa shape index (κ2) is 10.2. The van der Waals surface area contributed by atoms with E-state index >= 15 is 0 Å². The smallest absolute Gasteiger partial charge is 0.321 e. The molecule has 2 aromatic carbocycles. The van der Waals surface area contributed by atoms with Gasteiger partial charge in [0.15, 0.2) is 6.61 Å². The summed E-state index contributed by atoms with van der Waals surface area (Å²) in [4.78, 5) is 25.8. The van der Waals surface area contributed by atoms with Crippen molar-refractivity contribution in [3.63, 3.8) is 0 Å². The number of aryl methyl sites for hydroxylation is 2. The zero-order valence-electron chi connectivity index (χ0n) is 16.8. The Kier molecular flexibility index (Phi) is 7.92. The molecular weight excluding hydrogens is 392 g/mol. The van der Waals surface area contributed by atoms with Gasteiger partial charge in [0, 0.05) is 13.1 Å². The Balaban J connectivity index is 1.85. The van der Waals surface area contributed by atoms with Gasteiger partial charge in [-0.1, -0.05) is 36.4 Å². The van der Waals surface area contributed by atoms with Gasteiger partial charge < -0.3 is 9.64 Å². The second-order valence-electron chi connectivity index (χ2n) is 6.62. The van der Waals surface area contributed by atoms with Gasteiger partial charge in [-0.3, -0.25) is 9.59 Å². The first-order valence-electron chi connectivity index (χ1n) is 9.27. The molecule has 0 spiro atoms. The zero-order chi connectivity index (χ0) is 21.4. The molecule has 0 aliphatic carbocycles. The predicted molar refractivity (Wildman–Crippen MR) is 110 cm³/mol. The highest BCUT2D eigenvalue weighted by molar-refractivity contribution is 7.89. The summed E-state index contributed by atoms with van der Waals surface area (Å²) in [7, 11) is -3.84. The monoisotopic (exact) mass is 418 g/mol. The van der Waals surface area contributed by atoms with E-state index in [-0.39, 0.29) is 10.8 Å². The number of hydrogen-bond donors (Lipinski definition) is 1. The summed E-state index contributed by atoms with van der Waals surface area (Å²) in [6.45, 7) is 5.41. The number of ether oxygens (including phenoxy) is 1. The van der Waals surface area contributed by atoms with E-state index < -0.39 is 29.1 Å². The van der Waals surface area contributed by atoms with Crippen LogP contribution >= 0.6 is 0 Å². The van der Waals surface area contributed by atoms with E-state index in [1.807, 2.05) is 51.1 Å². The average molecular weight is 419 g/mol. The number of amides is 1. The molecule has 1 N–H and O–H groups in total. The van der Waals surface area contributed by atoms with Crippen molar-refractivity contribution < 1.29 is 22.7 Å². The van der Waals surface area contributed by atoms with E-state index in [0.717, 1.165) is 16.7 Å². The van der Waals surface area contributed by atoms with Crippen LogP contribution in [0, 0.1) is 13.8 Å². The van der Waals surface area contributed by atoms with Crippen LogP contribution in [0.15, 0.2) is 53.4 Å². The molecule has 0 bridgehead atoms. The Morgan fingerprint density at radius 2 is 1.72 bits per heavy atom. The van der Waals surface area contributed by atoms with Gasteiger partial charge in [0.2, 0.25) is 10.0 Å². The van der Waals surface area contributed by atoms with E-state index in [1.54, 1.807) is 11.0 Å². The fraction of sp³-hybridized carbons (Fsp3) is 0.333. The standard InChI is InChI=1S/C21H26N2O5S/c1-4-23(14-18-8-6-5-7-9-18)20(24)15-28-21(25)13-22-29(26,27)19-11-10-16(2)17(3)12-19/h5-12,22H,4,13-15H2,1-3H3. The Labute approximate surface area is 171 Å². The van der Waals surface area contributed by atoms with Crippen LogP contribution in [0.5, 0.6) is 0 Å². The first-order chi connectivity index (χ1) is 13.7. The summed E-state index contributed by atoms with van der Waals surface area (Å²) in [6, 6.07) is 14.2. The number of rotatable bonds is 9. The molecule has 0 aliphatic rings. The largest absolute Gasteiger partial charge is 0.455 e. The fourth-order valence-electron chi connectivity index (χ4n) is 2.58. The quantitative estimate of drug-likeness (QED) is 0.630. The Morgan fingerprint density at radius 1 is 1.03 bits per heavy atom.